The van der Waals surface area contributed by atoms with E-state index in [2.05, 4.69) is 5.32 Å². The van der Waals surface area contributed by atoms with Crippen molar-refractivity contribution >= 4 is 12.2 Å². The molecule has 2 aromatic carbocycles. The molecule has 0 fully saturated rings. The second-order valence-electron chi connectivity index (χ2n) is 10.5. The lowest BCUT2D eigenvalue weighted by Gasteiger charge is -2.21. The second-order valence-corrected chi connectivity index (χ2v) is 10.5. The number of halogens is 6. The van der Waals surface area contributed by atoms with Crippen LogP contribution in [0, 0.1) is 0 Å². The molecule has 0 aromatic heterocycles. The molecule has 0 bridgehead atoms. The molecule has 0 radical (unpaired) electrons. The highest BCUT2D eigenvalue weighted by Crippen LogP contribution is 2.37. The number of aromatic hydroxyl groups is 1. The summed E-state index contributed by atoms with van der Waals surface area (Å²) >= 11 is 0. The van der Waals surface area contributed by atoms with Gasteiger partial charge in [0.2, 0.25) is 0 Å². The van der Waals surface area contributed by atoms with Gasteiger partial charge in [-0.25, -0.2) is 9.59 Å². The molecule has 2 aromatic rings. The number of amides is 1. The van der Waals surface area contributed by atoms with Gasteiger partial charge in [-0.3, -0.25) is 0 Å². The summed E-state index contributed by atoms with van der Waals surface area (Å²) < 4.78 is 90.5. The zero-order valence-electron chi connectivity index (χ0n) is 23.1. The van der Waals surface area contributed by atoms with E-state index >= 15 is 0 Å². The molecule has 1 amide bonds. The van der Waals surface area contributed by atoms with Crippen molar-refractivity contribution in [3.05, 3.63) is 58.7 Å². The minimum absolute atomic E-state index is 0.113. The molecular weight excluding hydrogens is 548 g/mol. The van der Waals surface area contributed by atoms with E-state index in [1.807, 2.05) is 6.92 Å². The minimum Gasteiger partial charge on any atom is -0.507 e. The number of aryl methyl sites for hydroxylation is 1. The number of phenols is 1. The van der Waals surface area contributed by atoms with E-state index in [-0.39, 0.29) is 12.1 Å². The lowest BCUT2D eigenvalue weighted by molar-refractivity contribution is -0.139. The molecule has 0 saturated carbocycles. The standard InChI is InChI=1S/C18H24F3NO5.C9H9F3O/c1-16(2,3)26-14(23)22-10-11-7-8-12(18(19,20)21)13(9-11)25-15(24)27-17(4,5)6;1-2-6-3-4-7(8(13)5-6)9(10,11)12/h7-9H,10H2,1-6H3,(H,22,23);3-5,13H,2H2,1H3. The summed E-state index contributed by atoms with van der Waals surface area (Å²) in [6.45, 7) is 11.4. The summed E-state index contributed by atoms with van der Waals surface area (Å²) in [5, 5.41) is 11.5. The largest absolute Gasteiger partial charge is 0.514 e. The van der Waals surface area contributed by atoms with Crippen LogP contribution in [0.25, 0.3) is 0 Å². The Morgan fingerprint density at radius 3 is 1.73 bits per heavy atom. The molecule has 0 aliphatic heterocycles. The topological polar surface area (TPSA) is 94.1 Å². The van der Waals surface area contributed by atoms with E-state index in [9.17, 15) is 35.9 Å². The number of phenolic OH excluding ortho intramolecular Hbond substituents is 1. The Morgan fingerprint density at radius 2 is 1.27 bits per heavy atom. The van der Waals surface area contributed by atoms with Crippen LogP contribution in [0.1, 0.15) is 70.7 Å². The lowest BCUT2D eigenvalue weighted by Crippen LogP contribution is -2.32. The SMILES string of the molecule is CC(C)(C)OC(=O)NCc1ccc(C(F)(F)F)c(OC(=O)OC(C)(C)C)c1.CCc1ccc(C(F)(F)F)c(O)c1. The average Bonchev–Trinajstić information content (AvgIpc) is 2.74. The van der Waals surface area contributed by atoms with Gasteiger partial charge in [-0.05, 0) is 83.4 Å². The summed E-state index contributed by atoms with van der Waals surface area (Å²) in [5.41, 5.74) is -2.78. The normalized spacial score (nSPS) is 12.1. The van der Waals surface area contributed by atoms with Crippen LogP contribution in [-0.4, -0.2) is 28.6 Å². The number of benzene rings is 2. The summed E-state index contributed by atoms with van der Waals surface area (Å²) in [6, 6.07) is 6.36. The Balaban J connectivity index is 0.000000512. The maximum atomic E-state index is 13.1. The van der Waals surface area contributed by atoms with E-state index in [0.717, 1.165) is 24.3 Å². The van der Waals surface area contributed by atoms with Crippen LogP contribution in [0.3, 0.4) is 0 Å². The van der Waals surface area contributed by atoms with Crippen LogP contribution in [0.15, 0.2) is 36.4 Å². The van der Waals surface area contributed by atoms with Gasteiger partial charge in [0.1, 0.15) is 22.7 Å². The summed E-state index contributed by atoms with van der Waals surface area (Å²) in [4.78, 5) is 23.4. The number of rotatable bonds is 4. The highest BCUT2D eigenvalue weighted by atomic mass is 19.4. The van der Waals surface area contributed by atoms with Gasteiger partial charge in [0.25, 0.3) is 0 Å². The van der Waals surface area contributed by atoms with Crippen molar-refractivity contribution in [3.63, 3.8) is 0 Å². The van der Waals surface area contributed by atoms with E-state index in [4.69, 9.17) is 19.3 Å². The zero-order valence-corrected chi connectivity index (χ0v) is 23.1. The fourth-order valence-electron chi connectivity index (χ4n) is 2.88. The van der Waals surface area contributed by atoms with E-state index < -0.39 is 58.4 Å². The van der Waals surface area contributed by atoms with Gasteiger partial charge in [0.15, 0.2) is 0 Å². The van der Waals surface area contributed by atoms with E-state index in [0.29, 0.717) is 12.0 Å². The first kappa shape index (κ1) is 34.4. The molecule has 0 unspecified atom stereocenters. The Kier molecular flexibility index (Phi) is 11.3. The predicted octanol–water partition coefficient (Wildman–Crippen LogP) is 8.02. The molecule has 0 atom stereocenters. The van der Waals surface area contributed by atoms with Gasteiger partial charge < -0.3 is 24.6 Å². The van der Waals surface area contributed by atoms with Crippen LogP contribution in [-0.2, 0) is 34.8 Å². The third kappa shape index (κ3) is 12.5. The van der Waals surface area contributed by atoms with Gasteiger partial charge in [0, 0.05) is 6.54 Å². The quantitative estimate of drug-likeness (QED) is 0.216. The van der Waals surface area contributed by atoms with Crippen molar-refractivity contribution in [1.29, 1.82) is 0 Å². The van der Waals surface area contributed by atoms with Gasteiger partial charge in [-0.15, -0.1) is 0 Å². The molecule has 13 heteroatoms. The highest BCUT2D eigenvalue weighted by molar-refractivity contribution is 5.68. The maximum Gasteiger partial charge on any atom is 0.514 e. The van der Waals surface area contributed by atoms with E-state index in [1.165, 1.54) is 12.1 Å². The van der Waals surface area contributed by atoms with Gasteiger partial charge in [-0.2, -0.15) is 26.3 Å². The molecule has 0 saturated heterocycles. The molecule has 0 spiro atoms. The molecule has 0 aliphatic carbocycles. The fraction of sp³-hybridized carbons (Fsp3) is 0.481. The van der Waals surface area contributed by atoms with Crippen LogP contribution < -0.4 is 10.1 Å². The van der Waals surface area contributed by atoms with Gasteiger partial charge in [-0.1, -0.05) is 19.1 Å². The van der Waals surface area contributed by atoms with Crippen LogP contribution in [0.2, 0.25) is 0 Å². The number of ether oxygens (including phenoxy) is 3. The molecular formula is C27H33F6NO6. The Labute approximate surface area is 228 Å². The molecule has 40 heavy (non-hydrogen) atoms. The van der Waals surface area contributed by atoms with Crippen LogP contribution in [0.5, 0.6) is 11.5 Å². The number of nitrogens with one attached hydrogen (secondary N) is 1. The van der Waals surface area contributed by atoms with Gasteiger partial charge >= 0.3 is 24.6 Å². The summed E-state index contributed by atoms with van der Waals surface area (Å²) in [6.07, 6.45) is -10.6. The Morgan fingerprint density at radius 1 is 0.775 bits per heavy atom. The number of hydrogen-bond acceptors (Lipinski definition) is 6. The highest BCUT2D eigenvalue weighted by Gasteiger charge is 2.36. The Bertz CT molecular complexity index is 1160. The third-order valence-corrected chi connectivity index (χ3v) is 4.55. The number of hydrogen-bond donors (Lipinski definition) is 2. The first-order valence-electron chi connectivity index (χ1n) is 12.0. The van der Waals surface area contributed by atoms with Gasteiger partial charge in [0.05, 0.1) is 11.1 Å². The molecule has 2 rings (SSSR count). The second kappa shape index (κ2) is 13.1. The number of alkyl carbamates (subject to hydrolysis) is 1. The minimum atomic E-state index is -4.73. The third-order valence-electron chi connectivity index (χ3n) is 4.55. The summed E-state index contributed by atoms with van der Waals surface area (Å²) in [5.74, 6) is -1.41. The van der Waals surface area contributed by atoms with Crippen molar-refractivity contribution < 1.29 is 55.2 Å². The van der Waals surface area contributed by atoms with Crippen molar-refractivity contribution in [2.24, 2.45) is 0 Å². The van der Waals surface area contributed by atoms with Crippen LogP contribution in [0.4, 0.5) is 35.9 Å². The number of carbonyl (C=O) groups excluding carboxylic acids is 2. The van der Waals surface area contributed by atoms with Crippen LogP contribution >= 0.6 is 0 Å². The Hall–Kier alpha value is -3.64. The average molecular weight is 582 g/mol. The van der Waals surface area contributed by atoms with Crippen molar-refractivity contribution in [1.82, 2.24) is 5.32 Å². The number of carbonyl (C=O) groups is 2. The zero-order chi connectivity index (χ0) is 31.1. The smallest absolute Gasteiger partial charge is 0.507 e. The first-order valence-corrected chi connectivity index (χ1v) is 12.0. The molecule has 224 valence electrons. The molecule has 2 N–H and O–H groups in total. The number of alkyl halides is 6. The fourth-order valence-corrected chi connectivity index (χ4v) is 2.88. The van der Waals surface area contributed by atoms with E-state index in [1.54, 1.807) is 41.5 Å². The first-order chi connectivity index (χ1) is 18.0. The van der Waals surface area contributed by atoms with Crippen molar-refractivity contribution in [3.8, 4) is 11.5 Å². The summed E-state index contributed by atoms with van der Waals surface area (Å²) in [7, 11) is 0. The monoisotopic (exact) mass is 581 g/mol. The predicted molar refractivity (Wildman–Crippen MR) is 134 cm³/mol. The van der Waals surface area contributed by atoms with Crippen molar-refractivity contribution in [2.75, 3.05) is 0 Å². The lowest BCUT2D eigenvalue weighted by atomic mass is 10.1. The molecule has 0 heterocycles. The maximum absolute atomic E-state index is 13.1. The van der Waals surface area contributed by atoms with Crippen molar-refractivity contribution in [2.45, 2.75) is 85.0 Å². The molecule has 0 aliphatic rings. The molecule has 7 nitrogen and oxygen atoms in total.